The van der Waals surface area contributed by atoms with Crippen molar-refractivity contribution in [2.45, 2.75) is 33.2 Å². The van der Waals surface area contributed by atoms with E-state index in [4.69, 9.17) is 5.73 Å². The summed E-state index contributed by atoms with van der Waals surface area (Å²) in [5.74, 6) is 0. The molecule has 1 atom stereocenters. The van der Waals surface area contributed by atoms with E-state index in [1.807, 2.05) is 44.2 Å². The summed E-state index contributed by atoms with van der Waals surface area (Å²) in [6.45, 7) is 9.83. The van der Waals surface area contributed by atoms with Crippen molar-refractivity contribution < 1.29 is 0 Å². The first kappa shape index (κ1) is 14.7. The van der Waals surface area contributed by atoms with Gasteiger partial charge in [-0.1, -0.05) is 56.0 Å². The molecule has 0 bridgehead atoms. The molecule has 0 radical (unpaired) electrons. The number of hydrogen-bond donors (Lipinski definition) is 1. The summed E-state index contributed by atoms with van der Waals surface area (Å²) in [6.07, 6.45) is 14.9. The monoisotopic (exact) mass is 217 g/mol. The molecule has 1 nitrogen and oxygen atoms in total. The molecule has 0 fully saturated rings. The molecular weight excluding hydrogens is 194 g/mol. The third kappa shape index (κ3) is 4.94. The standard InChI is InChI=1S/C15H23N/c1-5-9-12-13(8-4)15(16)14(10-6-2)11-7-3/h5-7,9-12,15H,2,8,16H2,1,3-4H3/b9-5-,11-7-,13-12+,14-10+. The second-order valence-corrected chi connectivity index (χ2v) is 3.50. The molecule has 0 aliphatic rings. The molecule has 0 saturated carbocycles. The number of hydrogen-bond acceptors (Lipinski definition) is 1. The first-order chi connectivity index (χ1) is 7.71. The quantitative estimate of drug-likeness (QED) is 0.671. The first-order valence-corrected chi connectivity index (χ1v) is 5.73. The van der Waals surface area contributed by atoms with Gasteiger partial charge in [-0.2, -0.15) is 0 Å². The van der Waals surface area contributed by atoms with Crippen molar-refractivity contribution in [3.05, 3.63) is 60.3 Å². The Morgan fingerprint density at radius 3 is 2.38 bits per heavy atom. The van der Waals surface area contributed by atoms with Crippen molar-refractivity contribution in [3.8, 4) is 0 Å². The lowest BCUT2D eigenvalue weighted by Crippen LogP contribution is -2.24. The minimum Gasteiger partial charge on any atom is -0.321 e. The van der Waals surface area contributed by atoms with Crippen LogP contribution >= 0.6 is 0 Å². The van der Waals surface area contributed by atoms with Gasteiger partial charge >= 0.3 is 0 Å². The van der Waals surface area contributed by atoms with Gasteiger partial charge in [-0.25, -0.2) is 0 Å². The summed E-state index contributed by atoms with van der Waals surface area (Å²) in [6, 6.07) is -0.0459. The molecule has 0 aliphatic heterocycles. The Morgan fingerprint density at radius 2 is 1.94 bits per heavy atom. The van der Waals surface area contributed by atoms with Crippen LogP contribution in [0.2, 0.25) is 0 Å². The van der Waals surface area contributed by atoms with Crippen molar-refractivity contribution in [1.29, 1.82) is 0 Å². The van der Waals surface area contributed by atoms with Gasteiger partial charge in [-0.05, 0) is 31.4 Å². The zero-order chi connectivity index (χ0) is 12.4. The van der Waals surface area contributed by atoms with Crippen molar-refractivity contribution >= 4 is 0 Å². The number of rotatable bonds is 6. The van der Waals surface area contributed by atoms with Crippen LogP contribution in [0.25, 0.3) is 0 Å². The second kappa shape index (κ2) is 8.93. The van der Waals surface area contributed by atoms with Crippen LogP contribution in [0.15, 0.2) is 60.3 Å². The second-order valence-electron chi connectivity index (χ2n) is 3.50. The lowest BCUT2D eigenvalue weighted by Gasteiger charge is -2.15. The minimum atomic E-state index is -0.0459. The Morgan fingerprint density at radius 1 is 1.25 bits per heavy atom. The van der Waals surface area contributed by atoms with Crippen LogP contribution in [0.5, 0.6) is 0 Å². The molecule has 0 aromatic carbocycles. The Kier molecular flexibility index (Phi) is 8.18. The van der Waals surface area contributed by atoms with E-state index in [0.29, 0.717) is 0 Å². The van der Waals surface area contributed by atoms with Gasteiger partial charge in [0.15, 0.2) is 0 Å². The SMILES string of the molecule is C=C/C=C(\C=C/C)C(N)/C(=C/C=C\C)CC. The van der Waals surface area contributed by atoms with Crippen molar-refractivity contribution in [1.82, 2.24) is 0 Å². The van der Waals surface area contributed by atoms with Crippen LogP contribution in [-0.4, -0.2) is 6.04 Å². The highest BCUT2D eigenvalue weighted by molar-refractivity contribution is 5.36. The largest absolute Gasteiger partial charge is 0.321 e. The molecule has 16 heavy (non-hydrogen) atoms. The average Bonchev–Trinajstić information content (AvgIpc) is 2.29. The Balaban J connectivity index is 5.03. The van der Waals surface area contributed by atoms with Crippen molar-refractivity contribution in [2.75, 3.05) is 0 Å². The summed E-state index contributed by atoms with van der Waals surface area (Å²) in [5.41, 5.74) is 8.54. The van der Waals surface area contributed by atoms with E-state index in [1.165, 1.54) is 5.57 Å². The minimum absolute atomic E-state index is 0.0459. The molecule has 2 N–H and O–H groups in total. The van der Waals surface area contributed by atoms with Gasteiger partial charge in [0.2, 0.25) is 0 Å². The van der Waals surface area contributed by atoms with Gasteiger partial charge in [0.1, 0.15) is 0 Å². The highest BCUT2D eigenvalue weighted by Gasteiger charge is 2.09. The maximum atomic E-state index is 6.22. The average molecular weight is 217 g/mol. The zero-order valence-corrected chi connectivity index (χ0v) is 10.6. The molecule has 0 heterocycles. The van der Waals surface area contributed by atoms with Crippen LogP contribution in [0.4, 0.5) is 0 Å². The zero-order valence-electron chi connectivity index (χ0n) is 10.6. The van der Waals surface area contributed by atoms with Gasteiger partial charge in [-0.3, -0.25) is 0 Å². The van der Waals surface area contributed by atoms with Crippen LogP contribution in [0.3, 0.4) is 0 Å². The summed E-state index contributed by atoms with van der Waals surface area (Å²) < 4.78 is 0. The first-order valence-electron chi connectivity index (χ1n) is 5.73. The van der Waals surface area contributed by atoms with Gasteiger partial charge in [0, 0.05) is 0 Å². The maximum absolute atomic E-state index is 6.22. The van der Waals surface area contributed by atoms with Crippen molar-refractivity contribution in [2.24, 2.45) is 5.73 Å². The van der Waals surface area contributed by atoms with Crippen LogP contribution < -0.4 is 5.73 Å². The molecule has 0 rings (SSSR count). The number of allylic oxidation sites excluding steroid dienone is 6. The normalized spacial score (nSPS) is 16.0. The third-order valence-electron chi connectivity index (χ3n) is 2.34. The summed E-state index contributed by atoms with van der Waals surface area (Å²) >= 11 is 0. The Bertz CT molecular complexity index is 316. The van der Waals surface area contributed by atoms with E-state index in [2.05, 4.69) is 19.6 Å². The molecule has 0 aromatic rings. The van der Waals surface area contributed by atoms with Gasteiger partial charge in [0.05, 0.1) is 6.04 Å². The molecule has 0 aromatic heterocycles. The van der Waals surface area contributed by atoms with Gasteiger partial charge in [-0.15, -0.1) is 0 Å². The van der Waals surface area contributed by atoms with Crippen LogP contribution in [-0.2, 0) is 0 Å². The highest BCUT2D eigenvalue weighted by Crippen LogP contribution is 2.15. The number of nitrogens with two attached hydrogens (primary N) is 1. The van der Waals surface area contributed by atoms with Gasteiger partial charge in [0.25, 0.3) is 0 Å². The summed E-state index contributed by atoms with van der Waals surface area (Å²) in [5, 5.41) is 0. The fourth-order valence-corrected chi connectivity index (χ4v) is 1.47. The van der Waals surface area contributed by atoms with E-state index in [0.717, 1.165) is 12.0 Å². The van der Waals surface area contributed by atoms with E-state index in [1.54, 1.807) is 6.08 Å². The Hall–Kier alpha value is -1.34. The molecule has 0 spiro atoms. The van der Waals surface area contributed by atoms with E-state index in [-0.39, 0.29) is 6.04 Å². The van der Waals surface area contributed by atoms with E-state index in [9.17, 15) is 0 Å². The Labute approximate surface area is 99.7 Å². The van der Waals surface area contributed by atoms with Crippen LogP contribution in [0, 0.1) is 0 Å². The predicted octanol–water partition coefficient (Wildman–Crippen LogP) is 3.91. The maximum Gasteiger partial charge on any atom is 0.0513 e. The molecule has 1 heteroatoms. The molecule has 0 saturated heterocycles. The van der Waals surface area contributed by atoms with E-state index >= 15 is 0 Å². The van der Waals surface area contributed by atoms with Crippen molar-refractivity contribution in [3.63, 3.8) is 0 Å². The van der Waals surface area contributed by atoms with E-state index < -0.39 is 0 Å². The predicted molar refractivity (Wildman–Crippen MR) is 74.3 cm³/mol. The summed E-state index contributed by atoms with van der Waals surface area (Å²) in [4.78, 5) is 0. The smallest absolute Gasteiger partial charge is 0.0513 e. The topological polar surface area (TPSA) is 26.0 Å². The third-order valence-corrected chi connectivity index (χ3v) is 2.34. The lowest BCUT2D eigenvalue weighted by atomic mass is 9.96. The van der Waals surface area contributed by atoms with Gasteiger partial charge < -0.3 is 5.73 Å². The highest BCUT2D eigenvalue weighted by atomic mass is 14.6. The summed E-state index contributed by atoms with van der Waals surface area (Å²) in [7, 11) is 0. The molecule has 88 valence electrons. The molecule has 1 unspecified atom stereocenters. The van der Waals surface area contributed by atoms with Crippen LogP contribution in [0.1, 0.15) is 27.2 Å². The lowest BCUT2D eigenvalue weighted by molar-refractivity contribution is 0.853. The molecular formula is C15H23N. The molecule has 0 aliphatic carbocycles. The molecule has 0 amide bonds. The fourth-order valence-electron chi connectivity index (χ4n) is 1.47. The fraction of sp³-hybridized carbons (Fsp3) is 0.333.